The van der Waals surface area contributed by atoms with Gasteiger partial charge in [-0.25, -0.2) is 0 Å². The van der Waals surface area contributed by atoms with Crippen molar-refractivity contribution in [3.63, 3.8) is 0 Å². The van der Waals surface area contributed by atoms with E-state index in [0.717, 1.165) is 11.1 Å². The first kappa shape index (κ1) is 14.4. The molecule has 2 aromatic rings. The zero-order chi connectivity index (χ0) is 14.6. The molecule has 0 fully saturated rings. The highest BCUT2D eigenvalue weighted by Gasteiger charge is 2.31. The van der Waals surface area contributed by atoms with Crippen molar-refractivity contribution in [1.29, 1.82) is 0 Å². The van der Waals surface area contributed by atoms with Gasteiger partial charge in [0.25, 0.3) is 0 Å². The SMILES string of the molecule is CNCc1cccc(-c2cccc(OC(F)(F)F)c2)c1. The number of hydrogen-bond donors (Lipinski definition) is 1. The molecular formula is C15H14F3NO. The van der Waals surface area contributed by atoms with Gasteiger partial charge in [-0.3, -0.25) is 0 Å². The number of alkyl halides is 3. The van der Waals surface area contributed by atoms with Crippen molar-refractivity contribution in [3.8, 4) is 16.9 Å². The van der Waals surface area contributed by atoms with E-state index in [0.29, 0.717) is 12.1 Å². The molecule has 0 aliphatic carbocycles. The van der Waals surface area contributed by atoms with E-state index in [-0.39, 0.29) is 5.75 Å². The predicted octanol–water partition coefficient (Wildman–Crippen LogP) is 3.97. The van der Waals surface area contributed by atoms with Crippen molar-refractivity contribution in [1.82, 2.24) is 5.32 Å². The molecule has 106 valence electrons. The first-order valence-electron chi connectivity index (χ1n) is 6.08. The maximum Gasteiger partial charge on any atom is 0.573 e. The highest BCUT2D eigenvalue weighted by molar-refractivity contribution is 5.65. The van der Waals surface area contributed by atoms with Crippen LogP contribution in [-0.4, -0.2) is 13.4 Å². The van der Waals surface area contributed by atoms with E-state index in [1.165, 1.54) is 12.1 Å². The molecule has 0 spiro atoms. The lowest BCUT2D eigenvalue weighted by molar-refractivity contribution is -0.274. The Bertz CT molecular complexity index is 581. The Kier molecular flexibility index (Phi) is 4.29. The fourth-order valence-corrected chi connectivity index (χ4v) is 1.94. The molecule has 2 rings (SSSR count). The maximum atomic E-state index is 12.2. The molecule has 0 unspecified atom stereocenters. The lowest BCUT2D eigenvalue weighted by Crippen LogP contribution is -2.17. The summed E-state index contributed by atoms with van der Waals surface area (Å²) in [4.78, 5) is 0. The molecule has 0 atom stereocenters. The van der Waals surface area contributed by atoms with Gasteiger partial charge in [-0.15, -0.1) is 13.2 Å². The van der Waals surface area contributed by atoms with Crippen molar-refractivity contribution in [2.24, 2.45) is 0 Å². The molecule has 0 aliphatic heterocycles. The van der Waals surface area contributed by atoms with Crippen molar-refractivity contribution < 1.29 is 17.9 Å². The van der Waals surface area contributed by atoms with Crippen LogP contribution in [0, 0.1) is 0 Å². The van der Waals surface area contributed by atoms with Crippen molar-refractivity contribution in [2.45, 2.75) is 12.9 Å². The summed E-state index contributed by atoms with van der Waals surface area (Å²) in [6.45, 7) is 0.701. The van der Waals surface area contributed by atoms with Gasteiger partial charge in [0.05, 0.1) is 0 Å². The number of hydrogen-bond acceptors (Lipinski definition) is 2. The minimum absolute atomic E-state index is 0.214. The minimum atomic E-state index is -4.67. The molecule has 20 heavy (non-hydrogen) atoms. The van der Waals surface area contributed by atoms with E-state index in [2.05, 4.69) is 10.1 Å². The Morgan fingerprint density at radius 2 is 1.65 bits per heavy atom. The van der Waals surface area contributed by atoms with E-state index in [4.69, 9.17) is 0 Å². The third-order valence-corrected chi connectivity index (χ3v) is 2.71. The average Bonchev–Trinajstić information content (AvgIpc) is 2.38. The zero-order valence-corrected chi connectivity index (χ0v) is 10.9. The van der Waals surface area contributed by atoms with Crippen LogP contribution in [0.3, 0.4) is 0 Å². The summed E-state index contributed by atoms with van der Waals surface area (Å²) in [7, 11) is 1.84. The first-order valence-corrected chi connectivity index (χ1v) is 6.08. The highest BCUT2D eigenvalue weighted by atomic mass is 19.4. The van der Waals surface area contributed by atoms with Gasteiger partial charge in [-0.05, 0) is 41.9 Å². The first-order chi connectivity index (χ1) is 9.48. The second-order valence-electron chi connectivity index (χ2n) is 4.31. The Morgan fingerprint density at radius 3 is 2.30 bits per heavy atom. The number of nitrogens with one attached hydrogen (secondary N) is 1. The summed E-state index contributed by atoms with van der Waals surface area (Å²) in [6, 6.07) is 13.6. The maximum absolute atomic E-state index is 12.2. The minimum Gasteiger partial charge on any atom is -0.406 e. The van der Waals surface area contributed by atoms with E-state index in [9.17, 15) is 13.2 Å². The molecular weight excluding hydrogens is 267 g/mol. The van der Waals surface area contributed by atoms with Crippen LogP contribution in [0.15, 0.2) is 48.5 Å². The molecule has 0 heterocycles. The monoisotopic (exact) mass is 281 g/mol. The van der Waals surface area contributed by atoms with Crippen LogP contribution in [0.25, 0.3) is 11.1 Å². The van der Waals surface area contributed by atoms with E-state index in [1.807, 2.05) is 31.3 Å². The van der Waals surface area contributed by atoms with Gasteiger partial charge in [0.15, 0.2) is 0 Å². The fourth-order valence-electron chi connectivity index (χ4n) is 1.94. The second-order valence-corrected chi connectivity index (χ2v) is 4.31. The van der Waals surface area contributed by atoms with Gasteiger partial charge in [0.2, 0.25) is 0 Å². The van der Waals surface area contributed by atoms with Gasteiger partial charge < -0.3 is 10.1 Å². The fraction of sp³-hybridized carbons (Fsp3) is 0.200. The van der Waals surface area contributed by atoms with E-state index in [1.54, 1.807) is 12.1 Å². The quantitative estimate of drug-likeness (QED) is 0.915. The smallest absolute Gasteiger partial charge is 0.406 e. The molecule has 0 bridgehead atoms. The summed E-state index contributed by atoms with van der Waals surface area (Å²) in [5.74, 6) is -0.214. The lowest BCUT2D eigenvalue weighted by Gasteiger charge is -2.10. The van der Waals surface area contributed by atoms with Gasteiger partial charge in [0, 0.05) is 6.54 Å². The Labute approximate surface area is 115 Å². The third kappa shape index (κ3) is 3.99. The van der Waals surface area contributed by atoms with Gasteiger partial charge in [-0.2, -0.15) is 0 Å². The Morgan fingerprint density at radius 1 is 1.00 bits per heavy atom. The summed E-state index contributed by atoms with van der Waals surface area (Å²) in [6.07, 6.45) is -4.67. The largest absolute Gasteiger partial charge is 0.573 e. The summed E-state index contributed by atoms with van der Waals surface area (Å²) in [5.41, 5.74) is 2.60. The molecule has 0 aromatic heterocycles. The molecule has 0 radical (unpaired) electrons. The molecule has 2 nitrogen and oxygen atoms in total. The van der Waals surface area contributed by atoms with Crippen LogP contribution in [0.4, 0.5) is 13.2 Å². The lowest BCUT2D eigenvalue weighted by atomic mass is 10.0. The predicted molar refractivity (Wildman–Crippen MR) is 71.3 cm³/mol. The summed E-state index contributed by atoms with van der Waals surface area (Å²) < 4.78 is 40.6. The van der Waals surface area contributed by atoms with Crippen molar-refractivity contribution in [3.05, 3.63) is 54.1 Å². The number of ether oxygens (including phenoxy) is 1. The van der Waals surface area contributed by atoms with Crippen molar-refractivity contribution >= 4 is 0 Å². The Balaban J connectivity index is 2.28. The van der Waals surface area contributed by atoms with Crippen LogP contribution in [-0.2, 0) is 6.54 Å². The molecule has 1 N–H and O–H groups in total. The van der Waals surface area contributed by atoms with Gasteiger partial charge >= 0.3 is 6.36 Å². The van der Waals surface area contributed by atoms with Crippen LogP contribution >= 0.6 is 0 Å². The molecule has 0 saturated carbocycles. The highest BCUT2D eigenvalue weighted by Crippen LogP contribution is 2.28. The van der Waals surface area contributed by atoms with Crippen LogP contribution < -0.4 is 10.1 Å². The van der Waals surface area contributed by atoms with Gasteiger partial charge in [0.1, 0.15) is 5.75 Å². The third-order valence-electron chi connectivity index (χ3n) is 2.71. The average molecular weight is 281 g/mol. The van der Waals surface area contributed by atoms with E-state index >= 15 is 0 Å². The molecule has 5 heteroatoms. The summed E-state index contributed by atoms with van der Waals surface area (Å²) >= 11 is 0. The molecule has 0 amide bonds. The number of rotatable bonds is 4. The summed E-state index contributed by atoms with van der Waals surface area (Å²) in [5, 5.41) is 3.03. The topological polar surface area (TPSA) is 21.3 Å². The number of benzene rings is 2. The molecule has 0 aliphatic rings. The number of halogens is 3. The van der Waals surface area contributed by atoms with Crippen LogP contribution in [0.2, 0.25) is 0 Å². The molecule has 2 aromatic carbocycles. The standard InChI is InChI=1S/C15H14F3NO/c1-19-10-11-4-2-5-12(8-11)13-6-3-7-14(9-13)20-15(16,17)18/h2-9,19H,10H2,1H3. The van der Waals surface area contributed by atoms with Crippen LogP contribution in [0.5, 0.6) is 5.75 Å². The zero-order valence-electron chi connectivity index (χ0n) is 10.9. The Hall–Kier alpha value is -2.01. The van der Waals surface area contributed by atoms with Gasteiger partial charge in [-0.1, -0.05) is 30.3 Å². The van der Waals surface area contributed by atoms with E-state index < -0.39 is 6.36 Å². The van der Waals surface area contributed by atoms with Crippen molar-refractivity contribution in [2.75, 3.05) is 7.05 Å². The van der Waals surface area contributed by atoms with Crippen LogP contribution in [0.1, 0.15) is 5.56 Å². The molecule has 0 saturated heterocycles. The second kappa shape index (κ2) is 5.96. The normalized spacial score (nSPS) is 11.4.